The first-order valence-corrected chi connectivity index (χ1v) is 7.17. The van der Waals surface area contributed by atoms with E-state index in [1.165, 1.54) is 0 Å². The Morgan fingerprint density at radius 1 is 1.59 bits per heavy atom. The van der Waals surface area contributed by atoms with Crippen molar-refractivity contribution in [3.63, 3.8) is 0 Å². The molecule has 1 atom stereocenters. The van der Waals surface area contributed by atoms with Gasteiger partial charge in [0.15, 0.2) is 0 Å². The first-order chi connectivity index (χ1) is 7.98. The van der Waals surface area contributed by atoms with Crippen LogP contribution >= 0.6 is 11.8 Å². The van der Waals surface area contributed by atoms with Crippen LogP contribution in [0.4, 0.5) is 0 Å². The second-order valence-electron chi connectivity index (χ2n) is 4.82. The van der Waals surface area contributed by atoms with E-state index in [9.17, 15) is 4.79 Å². The molecule has 1 heterocycles. The molecule has 1 unspecified atom stereocenters. The minimum Gasteiger partial charge on any atom is -0.465 e. The van der Waals surface area contributed by atoms with E-state index in [4.69, 9.17) is 9.47 Å². The normalized spacial score (nSPS) is 19.8. The summed E-state index contributed by atoms with van der Waals surface area (Å²) in [6, 6.07) is 0.252. The summed E-state index contributed by atoms with van der Waals surface area (Å²) in [4.78, 5) is 12.0. The number of carbonyl (C=O) groups excluding carboxylic acids is 1. The number of thioether (sulfide) groups is 1. The lowest BCUT2D eigenvalue weighted by Gasteiger charge is -2.33. The Hall–Kier alpha value is -0.260. The summed E-state index contributed by atoms with van der Waals surface area (Å²) in [5, 5.41) is 3.83. The second kappa shape index (κ2) is 6.61. The van der Waals surface area contributed by atoms with Gasteiger partial charge in [-0.25, -0.2) is 0 Å². The van der Waals surface area contributed by atoms with Crippen molar-refractivity contribution in [3.05, 3.63) is 0 Å². The van der Waals surface area contributed by atoms with Gasteiger partial charge in [0.2, 0.25) is 0 Å². The van der Waals surface area contributed by atoms with E-state index in [1.54, 1.807) is 11.8 Å². The molecule has 1 N–H and O–H groups in total. The summed E-state index contributed by atoms with van der Waals surface area (Å²) >= 11 is 1.78. The Balaban J connectivity index is 2.52. The van der Waals surface area contributed by atoms with Crippen molar-refractivity contribution in [2.75, 3.05) is 25.6 Å². The second-order valence-corrected chi connectivity index (χ2v) is 6.11. The van der Waals surface area contributed by atoms with Gasteiger partial charge in [-0.1, -0.05) is 0 Å². The molecule has 0 spiro atoms. The van der Waals surface area contributed by atoms with Crippen LogP contribution < -0.4 is 5.32 Å². The maximum Gasteiger partial charge on any atom is 0.326 e. The molecule has 0 aromatic rings. The smallest absolute Gasteiger partial charge is 0.326 e. The molecule has 4 nitrogen and oxygen atoms in total. The number of carbonyl (C=O) groups is 1. The Bertz CT molecular complexity index is 256. The van der Waals surface area contributed by atoms with E-state index in [-0.39, 0.29) is 12.0 Å². The van der Waals surface area contributed by atoms with E-state index in [2.05, 4.69) is 5.32 Å². The molecule has 0 aromatic heterocycles. The molecule has 1 rings (SSSR count). The van der Waals surface area contributed by atoms with Gasteiger partial charge in [0.05, 0.1) is 25.1 Å². The third kappa shape index (κ3) is 4.48. The van der Waals surface area contributed by atoms with Crippen LogP contribution in [0, 0.1) is 0 Å². The van der Waals surface area contributed by atoms with Crippen LogP contribution in [-0.4, -0.2) is 48.4 Å². The van der Waals surface area contributed by atoms with E-state index >= 15 is 0 Å². The minimum absolute atomic E-state index is 0.165. The molecule has 1 aliphatic rings. The zero-order chi connectivity index (χ0) is 12.9. The van der Waals surface area contributed by atoms with Crippen LogP contribution in [0.1, 0.15) is 27.7 Å². The van der Waals surface area contributed by atoms with Crippen LogP contribution in [0.15, 0.2) is 0 Å². The molecule has 1 fully saturated rings. The number of hydrogen-bond donors (Lipinski definition) is 1. The van der Waals surface area contributed by atoms with Crippen molar-refractivity contribution in [2.24, 2.45) is 0 Å². The summed E-state index contributed by atoms with van der Waals surface area (Å²) in [5.74, 6) is 0.555. The summed E-state index contributed by atoms with van der Waals surface area (Å²) < 4.78 is 10.3. The number of nitrogens with one attached hydrogen (secondary N) is 1. The van der Waals surface area contributed by atoms with Crippen molar-refractivity contribution in [1.82, 2.24) is 5.32 Å². The van der Waals surface area contributed by atoms with Crippen LogP contribution in [0.3, 0.4) is 0 Å². The van der Waals surface area contributed by atoms with E-state index in [1.807, 2.05) is 27.7 Å². The van der Waals surface area contributed by atoms with Crippen molar-refractivity contribution in [1.29, 1.82) is 0 Å². The number of rotatable bonds is 7. The molecule has 0 bridgehead atoms. The van der Waals surface area contributed by atoms with Gasteiger partial charge in [0, 0.05) is 11.8 Å². The maximum atomic E-state index is 12.0. The fraction of sp³-hybridized carbons (Fsp3) is 0.917. The largest absolute Gasteiger partial charge is 0.465 e. The molecule has 1 aliphatic heterocycles. The van der Waals surface area contributed by atoms with Crippen LogP contribution in [-0.2, 0) is 14.3 Å². The van der Waals surface area contributed by atoms with Crippen molar-refractivity contribution < 1.29 is 14.3 Å². The average Bonchev–Trinajstić information content (AvgIpc) is 2.14. The lowest BCUT2D eigenvalue weighted by atomic mass is 10.0. The number of hydrogen-bond acceptors (Lipinski definition) is 5. The monoisotopic (exact) mass is 261 g/mol. The lowest BCUT2D eigenvalue weighted by molar-refractivity contribution is -0.149. The van der Waals surface area contributed by atoms with Crippen molar-refractivity contribution in [2.45, 2.75) is 44.5 Å². The minimum atomic E-state index is -0.607. The van der Waals surface area contributed by atoms with Crippen molar-refractivity contribution in [3.8, 4) is 0 Å². The number of ether oxygens (including phenoxy) is 2. The number of esters is 1. The molecule has 0 radical (unpaired) electrons. The van der Waals surface area contributed by atoms with Crippen LogP contribution in [0.25, 0.3) is 0 Å². The Morgan fingerprint density at radius 3 is 2.65 bits per heavy atom. The quantitative estimate of drug-likeness (QED) is 0.703. The van der Waals surface area contributed by atoms with Gasteiger partial charge in [-0.3, -0.25) is 10.1 Å². The van der Waals surface area contributed by atoms with E-state index in [0.717, 1.165) is 19.0 Å². The molecule has 0 amide bonds. The third-order valence-corrected chi connectivity index (χ3v) is 4.04. The maximum absolute atomic E-state index is 12.0. The SMILES string of the molecule is CCOC(=O)C(C)(CSC1COC1)NC(C)C. The highest BCUT2D eigenvalue weighted by atomic mass is 32.2. The summed E-state index contributed by atoms with van der Waals surface area (Å²) in [7, 11) is 0. The molecular formula is C12H23NO3S. The van der Waals surface area contributed by atoms with Gasteiger partial charge in [0.1, 0.15) is 5.54 Å². The summed E-state index contributed by atoms with van der Waals surface area (Å²) in [6.07, 6.45) is 0. The lowest BCUT2D eigenvalue weighted by Crippen LogP contribution is -2.55. The van der Waals surface area contributed by atoms with E-state index < -0.39 is 5.54 Å². The zero-order valence-corrected chi connectivity index (χ0v) is 11.9. The first kappa shape index (κ1) is 14.8. The van der Waals surface area contributed by atoms with Gasteiger partial charge < -0.3 is 9.47 Å². The third-order valence-electron chi connectivity index (χ3n) is 2.55. The highest BCUT2D eigenvalue weighted by Crippen LogP contribution is 2.24. The van der Waals surface area contributed by atoms with Gasteiger partial charge in [-0.05, 0) is 27.7 Å². The summed E-state index contributed by atoms with van der Waals surface area (Å²) in [5.41, 5.74) is -0.607. The molecule has 0 aromatic carbocycles. The Labute approximate surface area is 108 Å². The van der Waals surface area contributed by atoms with Gasteiger partial charge >= 0.3 is 5.97 Å². The van der Waals surface area contributed by atoms with Crippen LogP contribution in [0.5, 0.6) is 0 Å². The van der Waals surface area contributed by atoms with Gasteiger partial charge in [0.25, 0.3) is 0 Å². The topological polar surface area (TPSA) is 47.6 Å². The Kier molecular flexibility index (Phi) is 5.76. The molecule has 0 saturated carbocycles. The molecule has 5 heteroatoms. The average molecular weight is 261 g/mol. The van der Waals surface area contributed by atoms with E-state index in [0.29, 0.717) is 11.9 Å². The summed E-state index contributed by atoms with van der Waals surface area (Å²) in [6.45, 7) is 9.84. The van der Waals surface area contributed by atoms with Crippen molar-refractivity contribution >= 4 is 17.7 Å². The zero-order valence-electron chi connectivity index (χ0n) is 11.1. The predicted molar refractivity (Wildman–Crippen MR) is 70.4 cm³/mol. The first-order valence-electron chi connectivity index (χ1n) is 6.12. The molecular weight excluding hydrogens is 238 g/mol. The van der Waals surface area contributed by atoms with Gasteiger partial charge in [-0.2, -0.15) is 11.8 Å². The molecule has 1 saturated heterocycles. The highest BCUT2D eigenvalue weighted by Gasteiger charge is 2.36. The predicted octanol–water partition coefficient (Wildman–Crippen LogP) is 1.44. The standard InChI is InChI=1S/C12H23NO3S/c1-5-16-11(14)12(4,13-9(2)3)8-17-10-6-15-7-10/h9-10,13H,5-8H2,1-4H3. The fourth-order valence-corrected chi connectivity index (χ4v) is 2.84. The highest BCUT2D eigenvalue weighted by molar-refractivity contribution is 8.00. The van der Waals surface area contributed by atoms with Gasteiger partial charge in [-0.15, -0.1) is 0 Å². The Morgan fingerprint density at radius 2 is 2.24 bits per heavy atom. The van der Waals surface area contributed by atoms with Crippen LogP contribution in [0.2, 0.25) is 0 Å². The molecule has 0 aliphatic carbocycles. The molecule has 17 heavy (non-hydrogen) atoms. The fourth-order valence-electron chi connectivity index (χ4n) is 1.68. The molecule has 100 valence electrons.